The first kappa shape index (κ1) is 20.8. The third-order valence-corrected chi connectivity index (χ3v) is 4.76. The summed E-state index contributed by atoms with van der Waals surface area (Å²) >= 11 is 0. The molecule has 1 aromatic carbocycles. The zero-order valence-electron chi connectivity index (χ0n) is 14.5. The number of aliphatic hydroxyl groups is 1. The maximum absolute atomic E-state index is 14.0. The summed E-state index contributed by atoms with van der Waals surface area (Å²) in [5.74, 6) is -10.3. The molecule has 1 N–H and O–H groups in total. The molecule has 0 spiro atoms. The van der Waals surface area contributed by atoms with Crippen LogP contribution in [0.4, 0.5) is 22.0 Å². The Kier molecular flexibility index (Phi) is 5.90. The number of rotatable bonds is 6. The first-order valence-electron chi connectivity index (χ1n) is 7.96. The van der Waals surface area contributed by atoms with E-state index in [1.54, 1.807) is 13.8 Å². The minimum absolute atomic E-state index is 0.625. The van der Waals surface area contributed by atoms with E-state index in [2.05, 4.69) is 0 Å². The Morgan fingerprint density at radius 3 is 2.19 bits per heavy atom. The maximum atomic E-state index is 14.0. The molecule has 2 rings (SSSR count). The molecule has 0 aliphatic heterocycles. The van der Waals surface area contributed by atoms with Crippen molar-refractivity contribution in [2.75, 3.05) is 6.61 Å². The number of halogens is 5. The number of ether oxygens (including phenoxy) is 1. The minimum Gasteiger partial charge on any atom is -0.460 e. The molecule has 1 aromatic rings. The molecule has 0 unspecified atom stereocenters. The summed E-state index contributed by atoms with van der Waals surface area (Å²) < 4.78 is 73.5. The number of carbonyl (C=O) groups is 1. The molecule has 1 aliphatic carbocycles. The van der Waals surface area contributed by atoms with Gasteiger partial charge in [0.1, 0.15) is 12.7 Å². The van der Waals surface area contributed by atoms with Gasteiger partial charge in [0.05, 0.1) is 11.5 Å². The fraction of sp³-hybridized carbons (Fsp3) is 0.444. The van der Waals surface area contributed by atoms with Crippen LogP contribution in [0.3, 0.4) is 0 Å². The van der Waals surface area contributed by atoms with Crippen molar-refractivity contribution in [1.82, 2.24) is 0 Å². The summed E-state index contributed by atoms with van der Waals surface area (Å²) in [6.07, 6.45) is 0.330. The van der Waals surface area contributed by atoms with E-state index in [1.165, 1.54) is 6.07 Å². The van der Waals surface area contributed by atoms with Crippen molar-refractivity contribution >= 4 is 5.97 Å². The Morgan fingerprint density at radius 2 is 1.70 bits per heavy atom. The molecule has 9 heteroatoms. The fourth-order valence-electron chi connectivity index (χ4n) is 3.05. The largest absolute Gasteiger partial charge is 0.460 e. The number of esters is 1. The second-order valence-corrected chi connectivity index (χ2v) is 6.75. The molecule has 4 nitrogen and oxygen atoms in total. The van der Waals surface area contributed by atoms with Gasteiger partial charge in [-0.2, -0.15) is 9.65 Å². The monoisotopic (exact) mass is 389 g/mol. The van der Waals surface area contributed by atoms with Gasteiger partial charge in [-0.1, -0.05) is 13.8 Å². The molecule has 2 atom stereocenters. The molecule has 1 saturated carbocycles. The maximum Gasteiger partial charge on any atom is 0.310 e. The van der Waals surface area contributed by atoms with Crippen LogP contribution in [0.2, 0.25) is 0 Å². The number of carbonyl (C=O) groups excluding carboxylic acids is 1. The average molecular weight is 389 g/mol. The number of aliphatic hydroxyl groups excluding tert-OH is 1. The Labute approximate surface area is 151 Å². The van der Waals surface area contributed by atoms with Gasteiger partial charge >= 0.3 is 5.97 Å². The Bertz CT molecular complexity index is 815. The topological polar surface area (TPSA) is 70.3 Å². The van der Waals surface area contributed by atoms with Gasteiger partial charge in [-0.15, -0.1) is 0 Å². The van der Waals surface area contributed by atoms with E-state index in [0.717, 1.165) is 6.08 Å². The Balaban J connectivity index is 2.18. The third-order valence-electron chi connectivity index (χ3n) is 4.76. The summed E-state index contributed by atoms with van der Waals surface area (Å²) in [6.45, 7) is 1.43. The highest BCUT2D eigenvalue weighted by Gasteiger charge is 2.61. The van der Waals surface area contributed by atoms with E-state index >= 15 is 0 Å². The van der Waals surface area contributed by atoms with Crippen LogP contribution in [0.15, 0.2) is 11.9 Å². The molecule has 0 bridgehead atoms. The van der Waals surface area contributed by atoms with Crippen LogP contribution >= 0.6 is 0 Å². The van der Waals surface area contributed by atoms with Crippen LogP contribution < -0.4 is 0 Å². The van der Waals surface area contributed by atoms with E-state index in [1.807, 2.05) is 0 Å². The normalized spacial score (nSPS) is 20.9. The number of allylic oxidation sites excluding steroid dienone is 2. The number of hydrogen-bond acceptors (Lipinski definition) is 4. The van der Waals surface area contributed by atoms with Crippen molar-refractivity contribution in [3.05, 3.63) is 46.3 Å². The number of benzene rings is 1. The summed E-state index contributed by atoms with van der Waals surface area (Å²) in [4.78, 5) is 12.1. The van der Waals surface area contributed by atoms with Crippen LogP contribution in [-0.4, -0.2) is 17.7 Å². The van der Waals surface area contributed by atoms with E-state index in [0.29, 0.717) is 0 Å². The van der Waals surface area contributed by atoms with Crippen molar-refractivity contribution in [2.45, 2.75) is 26.9 Å². The molecule has 0 amide bonds. The fourth-order valence-corrected chi connectivity index (χ4v) is 3.05. The van der Waals surface area contributed by atoms with E-state index in [9.17, 15) is 26.7 Å². The predicted molar refractivity (Wildman–Crippen MR) is 82.4 cm³/mol. The van der Waals surface area contributed by atoms with Gasteiger partial charge in [0.15, 0.2) is 29.1 Å². The number of nitrogens with zero attached hydrogens (tertiary/aromatic N) is 1. The standard InChI is InChI=1S/C18H16F5NO3/c1-18(2)11(5-8(19)6-24)12(18)17(26)27-7-10-15(22)13(20)9(3-4-25)14(21)16(10)23/h5,11-12,25H,3-4,7H2,1-2H3/b8-5+/t11-,12-/m0/s1. The molecule has 146 valence electrons. The lowest BCUT2D eigenvalue weighted by Gasteiger charge is -2.12. The second kappa shape index (κ2) is 7.64. The molecular weight excluding hydrogens is 373 g/mol. The minimum atomic E-state index is -1.72. The zero-order chi connectivity index (χ0) is 20.5. The van der Waals surface area contributed by atoms with Gasteiger partial charge in [-0.3, -0.25) is 4.79 Å². The predicted octanol–water partition coefficient (Wildman–Crippen LogP) is 3.47. The van der Waals surface area contributed by atoms with Crippen LogP contribution in [-0.2, 0) is 22.6 Å². The average Bonchev–Trinajstić information content (AvgIpc) is 3.16. The van der Waals surface area contributed by atoms with Crippen LogP contribution in [0.25, 0.3) is 0 Å². The van der Waals surface area contributed by atoms with E-state index < -0.39 is 83.1 Å². The number of hydrogen-bond donors (Lipinski definition) is 1. The first-order valence-corrected chi connectivity index (χ1v) is 7.96. The van der Waals surface area contributed by atoms with Gasteiger partial charge in [0, 0.05) is 24.5 Å². The van der Waals surface area contributed by atoms with Crippen LogP contribution in [0, 0.1) is 51.9 Å². The molecule has 1 fully saturated rings. The molecule has 0 heterocycles. The highest BCUT2D eigenvalue weighted by atomic mass is 19.2. The van der Waals surface area contributed by atoms with Crippen LogP contribution in [0.5, 0.6) is 0 Å². The summed E-state index contributed by atoms with van der Waals surface area (Å²) in [5, 5.41) is 17.2. The zero-order valence-corrected chi connectivity index (χ0v) is 14.5. The van der Waals surface area contributed by atoms with Crippen molar-refractivity contribution < 1.29 is 36.6 Å². The molecule has 1 aliphatic rings. The van der Waals surface area contributed by atoms with Crippen molar-refractivity contribution in [1.29, 1.82) is 5.26 Å². The molecular formula is C18H16F5NO3. The summed E-state index contributed by atoms with van der Waals surface area (Å²) in [7, 11) is 0. The van der Waals surface area contributed by atoms with Gasteiger partial charge < -0.3 is 9.84 Å². The van der Waals surface area contributed by atoms with Gasteiger partial charge in [-0.25, -0.2) is 17.6 Å². The van der Waals surface area contributed by atoms with E-state index in [4.69, 9.17) is 15.1 Å². The Hall–Kier alpha value is -2.47. The van der Waals surface area contributed by atoms with Crippen molar-refractivity contribution in [2.24, 2.45) is 17.3 Å². The SMILES string of the molecule is CC1(C)[C@H](C(=O)OCc2c(F)c(F)c(CCO)c(F)c2F)[C@@H]1/C=C(/F)C#N. The smallest absolute Gasteiger partial charge is 0.310 e. The number of nitriles is 1. The lowest BCUT2D eigenvalue weighted by molar-refractivity contribution is -0.147. The van der Waals surface area contributed by atoms with Crippen molar-refractivity contribution in [3.8, 4) is 6.07 Å². The highest BCUT2D eigenvalue weighted by molar-refractivity contribution is 5.78. The molecule has 0 radical (unpaired) electrons. The summed E-state index contributed by atoms with van der Waals surface area (Å²) in [5.41, 5.74) is -2.79. The highest BCUT2D eigenvalue weighted by Crippen LogP contribution is 2.60. The second-order valence-electron chi connectivity index (χ2n) is 6.75. The first-order chi connectivity index (χ1) is 12.6. The lowest BCUT2D eigenvalue weighted by Crippen LogP contribution is -2.15. The molecule has 0 saturated heterocycles. The van der Waals surface area contributed by atoms with Crippen molar-refractivity contribution in [3.63, 3.8) is 0 Å². The van der Waals surface area contributed by atoms with E-state index in [-0.39, 0.29) is 0 Å². The quantitative estimate of drug-likeness (QED) is 0.350. The van der Waals surface area contributed by atoms with Gasteiger partial charge in [0.2, 0.25) is 0 Å². The Morgan fingerprint density at radius 1 is 1.19 bits per heavy atom. The third kappa shape index (κ3) is 3.81. The molecule has 0 aromatic heterocycles. The lowest BCUT2D eigenvalue weighted by atomic mass is 10.1. The van der Waals surface area contributed by atoms with Crippen LogP contribution in [0.1, 0.15) is 25.0 Å². The van der Waals surface area contributed by atoms with Gasteiger partial charge in [0.25, 0.3) is 0 Å². The summed E-state index contributed by atoms with van der Waals surface area (Å²) in [6, 6.07) is 1.28. The van der Waals surface area contributed by atoms with Gasteiger partial charge in [-0.05, 0) is 11.5 Å². The molecule has 27 heavy (non-hydrogen) atoms.